The first-order chi connectivity index (χ1) is 7.77. The Morgan fingerprint density at radius 3 is 2.75 bits per heavy atom. The van der Waals surface area contributed by atoms with Gasteiger partial charge in [-0.1, -0.05) is 25.5 Å². The van der Waals surface area contributed by atoms with E-state index < -0.39 is 0 Å². The average Bonchev–Trinajstić information content (AvgIpc) is 2.29. The lowest BCUT2D eigenvalue weighted by atomic mass is 10.2. The molecule has 0 unspecified atom stereocenters. The van der Waals surface area contributed by atoms with Gasteiger partial charge in [0, 0.05) is 6.42 Å². The van der Waals surface area contributed by atoms with E-state index in [0.29, 0.717) is 13.2 Å². The molecule has 1 aromatic rings. The SMILES string of the molecule is CCCC[N+]([O-])=Cc1ccccc1OCC. The van der Waals surface area contributed by atoms with Crippen molar-refractivity contribution in [3.05, 3.63) is 35.0 Å². The topological polar surface area (TPSA) is 35.3 Å². The molecule has 0 N–H and O–H groups in total. The minimum Gasteiger partial charge on any atom is -0.624 e. The zero-order valence-corrected chi connectivity index (χ0v) is 9.98. The molecule has 0 bridgehead atoms. The lowest BCUT2D eigenvalue weighted by Crippen LogP contribution is -2.08. The van der Waals surface area contributed by atoms with Crippen molar-refractivity contribution < 1.29 is 9.48 Å². The third kappa shape index (κ3) is 3.93. The van der Waals surface area contributed by atoms with Crippen molar-refractivity contribution in [3.8, 4) is 5.75 Å². The summed E-state index contributed by atoms with van der Waals surface area (Å²) in [4.78, 5) is 0. The number of benzene rings is 1. The van der Waals surface area contributed by atoms with Crippen LogP contribution in [-0.4, -0.2) is 24.1 Å². The van der Waals surface area contributed by atoms with Gasteiger partial charge in [0.2, 0.25) is 0 Å². The Bertz CT molecular complexity index is 348. The van der Waals surface area contributed by atoms with E-state index in [9.17, 15) is 5.21 Å². The highest BCUT2D eigenvalue weighted by Gasteiger charge is 2.03. The van der Waals surface area contributed by atoms with Gasteiger partial charge in [-0.25, -0.2) is 4.74 Å². The highest BCUT2D eigenvalue weighted by Crippen LogP contribution is 2.15. The van der Waals surface area contributed by atoms with Crippen LogP contribution in [0.15, 0.2) is 24.3 Å². The fourth-order valence-electron chi connectivity index (χ4n) is 1.41. The maximum absolute atomic E-state index is 11.5. The molecule has 0 aromatic heterocycles. The monoisotopic (exact) mass is 221 g/mol. The summed E-state index contributed by atoms with van der Waals surface area (Å²) in [6.45, 7) is 5.15. The maximum atomic E-state index is 11.5. The molecule has 3 nitrogen and oxygen atoms in total. The molecule has 0 amide bonds. The first-order valence-electron chi connectivity index (χ1n) is 5.78. The van der Waals surface area contributed by atoms with Crippen molar-refractivity contribution in [2.24, 2.45) is 0 Å². The van der Waals surface area contributed by atoms with Crippen LogP contribution in [0, 0.1) is 5.21 Å². The van der Waals surface area contributed by atoms with Crippen LogP contribution >= 0.6 is 0 Å². The molecular weight excluding hydrogens is 202 g/mol. The summed E-state index contributed by atoms with van der Waals surface area (Å²) in [5.74, 6) is 0.766. The van der Waals surface area contributed by atoms with Crippen LogP contribution in [0.3, 0.4) is 0 Å². The number of hydrogen-bond acceptors (Lipinski definition) is 2. The fraction of sp³-hybridized carbons (Fsp3) is 0.462. The Balaban J connectivity index is 2.78. The largest absolute Gasteiger partial charge is 0.624 e. The van der Waals surface area contributed by atoms with Crippen LogP contribution in [0.25, 0.3) is 0 Å². The summed E-state index contributed by atoms with van der Waals surface area (Å²) in [5, 5.41) is 11.5. The van der Waals surface area contributed by atoms with Crippen LogP contribution in [0.2, 0.25) is 0 Å². The molecule has 16 heavy (non-hydrogen) atoms. The molecule has 88 valence electrons. The highest BCUT2D eigenvalue weighted by molar-refractivity contribution is 5.79. The van der Waals surface area contributed by atoms with Gasteiger partial charge in [0.25, 0.3) is 0 Å². The first-order valence-corrected chi connectivity index (χ1v) is 5.78. The predicted octanol–water partition coefficient (Wildman–Crippen LogP) is 2.81. The van der Waals surface area contributed by atoms with Gasteiger partial charge in [-0.3, -0.25) is 0 Å². The van der Waals surface area contributed by atoms with Gasteiger partial charge in [-0.05, 0) is 19.1 Å². The molecule has 0 heterocycles. The number of hydroxylamine groups is 1. The molecule has 0 saturated heterocycles. The number of para-hydroxylation sites is 1. The van der Waals surface area contributed by atoms with Gasteiger partial charge in [0.15, 0.2) is 12.8 Å². The van der Waals surface area contributed by atoms with Crippen molar-refractivity contribution in [1.82, 2.24) is 0 Å². The van der Waals surface area contributed by atoms with E-state index in [1.54, 1.807) is 6.21 Å². The van der Waals surface area contributed by atoms with Crippen molar-refractivity contribution in [3.63, 3.8) is 0 Å². The van der Waals surface area contributed by atoms with Gasteiger partial charge in [-0.15, -0.1) is 0 Å². The Morgan fingerprint density at radius 2 is 2.06 bits per heavy atom. The lowest BCUT2D eigenvalue weighted by Gasteiger charge is -2.07. The second kappa shape index (κ2) is 6.88. The highest BCUT2D eigenvalue weighted by atomic mass is 16.5. The van der Waals surface area contributed by atoms with Crippen LogP contribution in [0.5, 0.6) is 5.75 Å². The van der Waals surface area contributed by atoms with Gasteiger partial charge >= 0.3 is 0 Å². The van der Waals surface area contributed by atoms with Crippen LogP contribution in [0.1, 0.15) is 32.3 Å². The molecule has 0 saturated carbocycles. The number of hydrogen-bond donors (Lipinski definition) is 0. The Kier molecular flexibility index (Phi) is 5.40. The third-order valence-electron chi connectivity index (χ3n) is 2.23. The standard InChI is InChI=1S/C13H19NO2/c1-3-5-10-14(15)11-12-8-6-7-9-13(12)16-4-2/h6-9,11H,3-5,10H2,1-2H3. The average molecular weight is 221 g/mol. The molecule has 0 fully saturated rings. The van der Waals surface area contributed by atoms with Gasteiger partial charge in [0.05, 0.1) is 12.2 Å². The second-order valence-corrected chi connectivity index (χ2v) is 3.59. The third-order valence-corrected chi connectivity index (χ3v) is 2.23. The first kappa shape index (κ1) is 12.6. The Morgan fingerprint density at radius 1 is 1.31 bits per heavy atom. The molecular formula is C13H19NO2. The Hall–Kier alpha value is -1.51. The van der Waals surface area contributed by atoms with E-state index in [2.05, 4.69) is 6.92 Å². The van der Waals surface area contributed by atoms with E-state index in [1.807, 2.05) is 31.2 Å². The summed E-state index contributed by atoms with van der Waals surface area (Å²) in [6, 6.07) is 7.58. The van der Waals surface area contributed by atoms with E-state index in [4.69, 9.17) is 4.74 Å². The van der Waals surface area contributed by atoms with E-state index >= 15 is 0 Å². The van der Waals surface area contributed by atoms with E-state index in [0.717, 1.165) is 28.9 Å². The van der Waals surface area contributed by atoms with Crippen LogP contribution in [-0.2, 0) is 0 Å². The lowest BCUT2D eigenvalue weighted by molar-refractivity contribution is -0.452. The molecule has 0 radical (unpaired) electrons. The minimum atomic E-state index is 0.539. The fourth-order valence-corrected chi connectivity index (χ4v) is 1.41. The smallest absolute Gasteiger partial charge is 0.185 e. The van der Waals surface area contributed by atoms with Crippen molar-refractivity contribution >= 4 is 6.21 Å². The van der Waals surface area contributed by atoms with Gasteiger partial charge in [0.1, 0.15) is 5.75 Å². The van der Waals surface area contributed by atoms with Crippen LogP contribution in [0.4, 0.5) is 0 Å². The number of unbranched alkanes of at least 4 members (excludes halogenated alkanes) is 1. The quantitative estimate of drug-likeness (QED) is 0.320. The minimum absolute atomic E-state index is 0.539. The normalized spacial score (nSPS) is 11.5. The maximum Gasteiger partial charge on any atom is 0.185 e. The summed E-state index contributed by atoms with van der Waals surface area (Å²) >= 11 is 0. The molecule has 0 aliphatic heterocycles. The molecule has 1 aromatic carbocycles. The molecule has 0 spiro atoms. The Labute approximate surface area is 97.0 Å². The molecule has 0 aliphatic carbocycles. The second-order valence-electron chi connectivity index (χ2n) is 3.59. The molecule has 0 atom stereocenters. The summed E-state index contributed by atoms with van der Waals surface area (Å²) in [5.41, 5.74) is 0.843. The zero-order valence-electron chi connectivity index (χ0n) is 9.98. The van der Waals surface area contributed by atoms with Crippen molar-refractivity contribution in [2.75, 3.05) is 13.2 Å². The molecule has 0 aliphatic rings. The van der Waals surface area contributed by atoms with Crippen molar-refractivity contribution in [2.45, 2.75) is 26.7 Å². The number of nitrogens with zero attached hydrogens (tertiary/aromatic N) is 1. The molecule has 1 rings (SSSR count). The van der Waals surface area contributed by atoms with E-state index in [1.165, 1.54) is 0 Å². The van der Waals surface area contributed by atoms with Gasteiger partial charge < -0.3 is 9.94 Å². The number of rotatable bonds is 6. The van der Waals surface area contributed by atoms with Crippen molar-refractivity contribution in [1.29, 1.82) is 0 Å². The summed E-state index contributed by atoms with van der Waals surface area (Å²) in [6.07, 6.45) is 3.54. The summed E-state index contributed by atoms with van der Waals surface area (Å²) < 4.78 is 6.42. The predicted molar refractivity (Wildman–Crippen MR) is 66.2 cm³/mol. The van der Waals surface area contributed by atoms with Gasteiger partial charge in [-0.2, -0.15) is 0 Å². The van der Waals surface area contributed by atoms with Crippen LogP contribution < -0.4 is 4.74 Å². The zero-order chi connectivity index (χ0) is 11.8. The van der Waals surface area contributed by atoms with E-state index in [-0.39, 0.29) is 0 Å². The molecule has 3 heteroatoms. The number of ether oxygens (including phenoxy) is 1. The summed E-state index contributed by atoms with van der Waals surface area (Å²) in [7, 11) is 0.